The monoisotopic (exact) mass is 533 g/mol. The Morgan fingerprint density at radius 3 is 2.34 bits per heavy atom. The number of rotatable bonds is 8. The highest BCUT2D eigenvalue weighted by molar-refractivity contribution is 5.92. The second kappa shape index (κ2) is 14.5. The fourth-order valence-corrected chi connectivity index (χ4v) is 3.53. The smallest absolute Gasteiger partial charge is 0.275 e. The topological polar surface area (TPSA) is 127 Å². The van der Waals surface area contributed by atoms with E-state index in [-0.39, 0.29) is 36.9 Å². The van der Waals surface area contributed by atoms with Gasteiger partial charge in [-0.1, -0.05) is 44.2 Å². The first-order valence-electron chi connectivity index (χ1n) is 13.3. The van der Waals surface area contributed by atoms with Gasteiger partial charge < -0.3 is 10.6 Å². The number of nitrogens with zero attached hydrogens (tertiary/aromatic N) is 5. The van der Waals surface area contributed by atoms with Gasteiger partial charge in [-0.15, -0.1) is 0 Å². The van der Waals surface area contributed by atoms with Crippen molar-refractivity contribution in [1.82, 2.24) is 35.5 Å². The van der Waals surface area contributed by atoms with Gasteiger partial charge in [0.05, 0.1) is 24.6 Å². The van der Waals surface area contributed by atoms with Crippen LogP contribution in [0.25, 0.3) is 5.65 Å². The summed E-state index contributed by atoms with van der Waals surface area (Å²) in [6, 6.07) is 1.85. The first-order chi connectivity index (χ1) is 18.3. The standard InChI is InChI=1S/C17H21N7O3.C6H10F2.C3H6/c1-3-4-5-15(25)18-7-12-6-14-21-13(10-24(14)20-8-12)9-19-17(26)16-11(2)22-27-23-16;7-6(8)4-2-1-3-5-6;1-2-3-1/h6,8,10H,3-5,7,9H2,1-2H3,(H,18,25)(H,19,26);1-5H2;1-3H2. The molecule has 0 bridgehead atoms. The lowest BCUT2D eigenvalue weighted by molar-refractivity contribution is -0.121. The number of fused-ring (bicyclic) bond motifs is 1. The fraction of sp³-hybridized carbons (Fsp3) is 0.615. The highest BCUT2D eigenvalue weighted by Gasteiger charge is 2.30. The molecule has 208 valence electrons. The van der Waals surface area contributed by atoms with Crippen LogP contribution in [0.3, 0.4) is 0 Å². The molecule has 0 atom stereocenters. The van der Waals surface area contributed by atoms with Crippen molar-refractivity contribution < 1.29 is 23.0 Å². The van der Waals surface area contributed by atoms with Gasteiger partial charge in [0.1, 0.15) is 5.69 Å². The Hall–Kier alpha value is -3.44. The van der Waals surface area contributed by atoms with E-state index >= 15 is 0 Å². The van der Waals surface area contributed by atoms with E-state index < -0.39 is 5.92 Å². The van der Waals surface area contributed by atoms with Crippen LogP contribution >= 0.6 is 0 Å². The van der Waals surface area contributed by atoms with Crippen molar-refractivity contribution in [3.8, 4) is 0 Å². The summed E-state index contributed by atoms with van der Waals surface area (Å²) in [6.07, 6.45) is 13.0. The zero-order valence-electron chi connectivity index (χ0n) is 22.1. The summed E-state index contributed by atoms with van der Waals surface area (Å²) in [5, 5.41) is 17.0. The van der Waals surface area contributed by atoms with Crippen LogP contribution in [0, 0.1) is 6.92 Å². The van der Waals surface area contributed by atoms with Gasteiger partial charge in [-0.05, 0) is 43.0 Å². The molecule has 5 rings (SSSR count). The van der Waals surface area contributed by atoms with E-state index in [1.54, 1.807) is 23.8 Å². The second-order valence-electron chi connectivity index (χ2n) is 9.64. The molecule has 2 saturated carbocycles. The van der Waals surface area contributed by atoms with Crippen LogP contribution in [0.1, 0.15) is 105 Å². The molecule has 0 radical (unpaired) electrons. The normalized spacial score (nSPS) is 15.5. The Bertz CT molecular complexity index is 1170. The summed E-state index contributed by atoms with van der Waals surface area (Å²) < 4.78 is 30.5. The number of carbonyl (C=O) groups excluding carboxylic acids is 2. The minimum Gasteiger partial charge on any atom is -0.352 e. The lowest BCUT2D eigenvalue weighted by atomic mass is 9.97. The Balaban J connectivity index is 0.000000299. The van der Waals surface area contributed by atoms with Crippen molar-refractivity contribution in [2.75, 3.05) is 0 Å². The molecule has 2 amide bonds. The summed E-state index contributed by atoms with van der Waals surface area (Å²) >= 11 is 0. The number of halogens is 2. The third-order valence-corrected chi connectivity index (χ3v) is 5.91. The molecular formula is C26H37F2N7O3. The molecule has 0 aliphatic heterocycles. The van der Waals surface area contributed by atoms with E-state index in [9.17, 15) is 18.4 Å². The quantitative estimate of drug-likeness (QED) is 0.421. The molecule has 10 nitrogen and oxygen atoms in total. The lowest BCUT2D eigenvalue weighted by Crippen LogP contribution is -2.24. The van der Waals surface area contributed by atoms with Crippen LogP contribution in [0.2, 0.25) is 0 Å². The summed E-state index contributed by atoms with van der Waals surface area (Å²) in [5.74, 6) is -2.67. The highest BCUT2D eigenvalue weighted by atomic mass is 19.3. The third-order valence-electron chi connectivity index (χ3n) is 5.91. The van der Waals surface area contributed by atoms with Crippen LogP contribution in [0.4, 0.5) is 8.78 Å². The van der Waals surface area contributed by atoms with Crippen LogP contribution in [-0.2, 0) is 17.9 Å². The molecule has 0 aromatic carbocycles. The number of nitrogens with one attached hydrogen (secondary N) is 2. The maximum absolute atomic E-state index is 12.2. The van der Waals surface area contributed by atoms with Crippen molar-refractivity contribution in [3.63, 3.8) is 0 Å². The van der Waals surface area contributed by atoms with Crippen molar-refractivity contribution in [2.24, 2.45) is 0 Å². The summed E-state index contributed by atoms with van der Waals surface area (Å²) in [6.45, 7) is 4.32. The average Bonchev–Trinajstić information content (AvgIpc) is 3.63. The van der Waals surface area contributed by atoms with Gasteiger partial charge in [0, 0.05) is 25.8 Å². The van der Waals surface area contributed by atoms with Crippen LogP contribution < -0.4 is 10.6 Å². The van der Waals surface area contributed by atoms with E-state index in [1.165, 1.54) is 19.3 Å². The zero-order chi connectivity index (χ0) is 27.4. The number of alkyl halides is 2. The molecule has 3 heterocycles. The maximum Gasteiger partial charge on any atom is 0.275 e. The molecule has 0 spiro atoms. The fourth-order valence-electron chi connectivity index (χ4n) is 3.53. The summed E-state index contributed by atoms with van der Waals surface area (Å²) in [5.41, 5.74) is 2.72. The van der Waals surface area contributed by atoms with E-state index in [0.29, 0.717) is 42.8 Å². The van der Waals surface area contributed by atoms with Gasteiger partial charge in [0.2, 0.25) is 11.8 Å². The Labute approximate surface area is 220 Å². The summed E-state index contributed by atoms with van der Waals surface area (Å²) in [7, 11) is 0. The van der Waals surface area contributed by atoms with Gasteiger partial charge in [-0.3, -0.25) is 9.59 Å². The number of imidazole rings is 1. The Morgan fingerprint density at radius 1 is 1.05 bits per heavy atom. The molecular weight excluding hydrogens is 496 g/mol. The van der Waals surface area contributed by atoms with Crippen molar-refractivity contribution in [2.45, 2.75) is 103 Å². The van der Waals surface area contributed by atoms with E-state index in [2.05, 4.69) is 35.7 Å². The highest BCUT2D eigenvalue weighted by Crippen LogP contribution is 2.32. The molecule has 3 aromatic heterocycles. The second-order valence-corrected chi connectivity index (χ2v) is 9.64. The van der Waals surface area contributed by atoms with Crippen molar-refractivity contribution in [1.29, 1.82) is 0 Å². The van der Waals surface area contributed by atoms with Crippen molar-refractivity contribution in [3.05, 3.63) is 41.1 Å². The van der Waals surface area contributed by atoms with E-state index in [4.69, 9.17) is 0 Å². The van der Waals surface area contributed by atoms with Crippen LogP contribution in [-0.4, -0.2) is 42.6 Å². The van der Waals surface area contributed by atoms with Gasteiger partial charge >= 0.3 is 0 Å². The molecule has 2 N–H and O–H groups in total. The first-order valence-corrected chi connectivity index (χ1v) is 13.3. The predicted octanol–water partition coefficient (Wildman–Crippen LogP) is 4.91. The summed E-state index contributed by atoms with van der Waals surface area (Å²) in [4.78, 5) is 28.2. The van der Waals surface area contributed by atoms with Crippen LogP contribution in [0.15, 0.2) is 23.1 Å². The van der Waals surface area contributed by atoms with Gasteiger partial charge in [0.15, 0.2) is 11.3 Å². The van der Waals surface area contributed by atoms with Gasteiger partial charge in [-0.25, -0.2) is 22.9 Å². The minimum atomic E-state index is -2.32. The molecule has 2 fully saturated rings. The average molecular weight is 534 g/mol. The predicted molar refractivity (Wildman–Crippen MR) is 136 cm³/mol. The lowest BCUT2D eigenvalue weighted by Gasteiger charge is -2.20. The number of hydrogen-bond acceptors (Lipinski definition) is 7. The van der Waals surface area contributed by atoms with Crippen LogP contribution in [0.5, 0.6) is 0 Å². The number of unbranched alkanes of at least 4 members (excludes halogenated alkanes) is 1. The minimum absolute atomic E-state index is 0.0288. The number of aryl methyl sites for hydroxylation is 1. The van der Waals surface area contributed by atoms with E-state index in [1.807, 2.05) is 13.0 Å². The zero-order valence-corrected chi connectivity index (χ0v) is 22.1. The molecule has 12 heteroatoms. The molecule has 0 saturated heterocycles. The number of aromatic nitrogens is 5. The Kier molecular flexibility index (Phi) is 11.1. The van der Waals surface area contributed by atoms with Gasteiger partial charge in [0.25, 0.3) is 5.91 Å². The molecule has 2 aliphatic rings. The number of amides is 2. The maximum atomic E-state index is 12.2. The number of hydrogen-bond donors (Lipinski definition) is 2. The molecule has 2 aliphatic carbocycles. The third kappa shape index (κ3) is 10.1. The molecule has 38 heavy (non-hydrogen) atoms. The SMILES string of the molecule is C1CC1.CCCCC(=O)NCc1cnn2cc(CNC(=O)c3nonc3C)nc2c1.FC1(F)CCCCC1. The Morgan fingerprint density at radius 2 is 1.76 bits per heavy atom. The molecule has 0 unspecified atom stereocenters. The van der Waals surface area contributed by atoms with Crippen molar-refractivity contribution >= 4 is 17.5 Å². The number of carbonyl (C=O) groups is 2. The largest absolute Gasteiger partial charge is 0.352 e. The molecule has 3 aromatic rings. The van der Waals surface area contributed by atoms with Gasteiger partial charge in [-0.2, -0.15) is 5.10 Å². The van der Waals surface area contributed by atoms with E-state index in [0.717, 1.165) is 24.8 Å². The first kappa shape index (κ1) is 29.1.